The van der Waals surface area contributed by atoms with Gasteiger partial charge in [0.05, 0.1) is 33.7 Å². The number of nitrogens with zero attached hydrogens (tertiary/aromatic N) is 4. The summed E-state index contributed by atoms with van der Waals surface area (Å²) in [6, 6.07) is 71.9. The van der Waals surface area contributed by atoms with Crippen molar-refractivity contribution in [2.24, 2.45) is 0 Å². The first kappa shape index (κ1) is 53.7. The summed E-state index contributed by atoms with van der Waals surface area (Å²) in [5.41, 5.74) is 17.3. The van der Waals surface area contributed by atoms with Gasteiger partial charge in [-0.15, -0.1) is 23.8 Å². The van der Waals surface area contributed by atoms with Gasteiger partial charge in [-0.1, -0.05) is 193 Å². The van der Waals surface area contributed by atoms with Crippen molar-refractivity contribution in [3.8, 4) is 79.0 Å². The van der Waals surface area contributed by atoms with Crippen molar-refractivity contribution in [1.29, 1.82) is 0 Å². The second kappa shape index (κ2) is 22.1. The number of fused-ring (bicyclic) bond motifs is 3. The van der Waals surface area contributed by atoms with Gasteiger partial charge in [0.2, 0.25) is 0 Å². The van der Waals surface area contributed by atoms with Crippen LogP contribution in [0.15, 0.2) is 194 Å². The van der Waals surface area contributed by atoms with Crippen LogP contribution in [0.5, 0.6) is 11.5 Å². The zero-order valence-electron chi connectivity index (χ0n) is 46.1. The fraction of sp³-hybridized carbons (Fsp3) is 0.167. The average molecular weight is 1230 g/mol. The van der Waals surface area contributed by atoms with E-state index in [1.54, 1.807) is 0 Å². The van der Waals surface area contributed by atoms with Crippen LogP contribution in [0.2, 0.25) is 0 Å². The summed E-state index contributed by atoms with van der Waals surface area (Å²) in [6.07, 6.45) is 0. The molecule has 0 saturated heterocycles. The molecule has 398 valence electrons. The minimum atomic E-state index is -0.635. The molecule has 0 bridgehead atoms. The van der Waals surface area contributed by atoms with Gasteiger partial charge in [-0.25, -0.2) is 8.78 Å². The zero-order valence-corrected chi connectivity index (χ0v) is 48.3. The van der Waals surface area contributed by atoms with Gasteiger partial charge in [0, 0.05) is 34.5 Å². The van der Waals surface area contributed by atoms with E-state index in [4.69, 9.17) is 14.7 Å². The van der Waals surface area contributed by atoms with Crippen molar-refractivity contribution in [2.75, 3.05) is 0 Å². The number of aromatic nitrogens is 4. The van der Waals surface area contributed by atoms with Crippen LogP contribution < -0.4 is 4.74 Å². The van der Waals surface area contributed by atoms with E-state index >= 15 is 4.39 Å². The third-order valence-corrected chi connectivity index (χ3v) is 15.2. The molecule has 0 N–H and O–H groups in total. The molecule has 0 amide bonds. The summed E-state index contributed by atoms with van der Waals surface area (Å²) in [5.74, 6) is 1.73. The van der Waals surface area contributed by atoms with Gasteiger partial charge in [0.15, 0.2) is 0 Å². The Bertz CT molecular complexity index is 4210. The van der Waals surface area contributed by atoms with Gasteiger partial charge in [-0.3, -0.25) is 9.97 Å². The molecule has 12 rings (SSSR count). The molecule has 10 aromatic carbocycles. The molecular weight excluding hydrogens is 1170 g/mol. The Morgan fingerprint density at radius 1 is 0.425 bits per heavy atom. The molecule has 80 heavy (non-hydrogen) atoms. The average Bonchev–Trinajstić information content (AvgIpc) is 3.82. The van der Waals surface area contributed by atoms with Crippen molar-refractivity contribution in [2.45, 2.75) is 79.1 Å². The second-order valence-corrected chi connectivity index (χ2v) is 21.8. The first-order chi connectivity index (χ1) is 38.3. The van der Waals surface area contributed by atoms with Gasteiger partial charge in [-0.05, 0) is 134 Å². The number of rotatable bonds is 13. The van der Waals surface area contributed by atoms with Crippen LogP contribution in [-0.4, -0.2) is 19.1 Å². The van der Waals surface area contributed by atoms with Crippen LogP contribution in [0.3, 0.4) is 0 Å². The number of benzene rings is 10. The van der Waals surface area contributed by atoms with Crippen LogP contribution in [-0.2, 0) is 21.1 Å². The maximum absolute atomic E-state index is 15.7. The maximum Gasteiger partial charge on any atom is 2.00 e. The minimum Gasteiger partial charge on any atom is -0.497 e. The summed E-state index contributed by atoms with van der Waals surface area (Å²) >= 11 is 0. The molecule has 0 spiro atoms. The van der Waals surface area contributed by atoms with E-state index < -0.39 is 11.6 Å². The minimum absolute atomic E-state index is 0. The fourth-order valence-corrected chi connectivity index (χ4v) is 11.2. The molecule has 2 heterocycles. The van der Waals surface area contributed by atoms with Crippen LogP contribution in [0.4, 0.5) is 8.78 Å². The van der Waals surface area contributed by atoms with Gasteiger partial charge in [-0.2, -0.15) is 0 Å². The van der Waals surface area contributed by atoms with E-state index in [-0.39, 0.29) is 44.7 Å². The molecule has 12 aromatic rings. The van der Waals surface area contributed by atoms with E-state index in [1.807, 2.05) is 60.7 Å². The second-order valence-electron chi connectivity index (χ2n) is 21.8. The Balaban J connectivity index is 0.00000675. The van der Waals surface area contributed by atoms with Crippen molar-refractivity contribution in [3.05, 3.63) is 240 Å². The van der Waals surface area contributed by atoms with Crippen LogP contribution >= 0.6 is 0 Å². The number of para-hydroxylation sites is 2. The van der Waals surface area contributed by atoms with Crippen molar-refractivity contribution >= 4 is 32.8 Å². The van der Waals surface area contributed by atoms with Crippen molar-refractivity contribution in [3.63, 3.8) is 0 Å². The molecule has 0 atom stereocenters. The third kappa shape index (κ3) is 9.98. The molecule has 0 aliphatic heterocycles. The van der Waals surface area contributed by atoms with E-state index in [1.165, 1.54) is 34.4 Å². The van der Waals surface area contributed by atoms with Gasteiger partial charge in [0.25, 0.3) is 0 Å². The molecule has 0 unspecified atom stereocenters. The number of hydrogen-bond donors (Lipinski definition) is 0. The van der Waals surface area contributed by atoms with Gasteiger partial charge in [0.1, 0.15) is 11.6 Å². The molecule has 0 aliphatic carbocycles. The smallest absolute Gasteiger partial charge is 0.497 e. The topological polar surface area (TPSA) is 44.9 Å². The van der Waals surface area contributed by atoms with Crippen molar-refractivity contribution in [1.82, 2.24) is 19.1 Å². The Kier molecular flexibility index (Phi) is 14.9. The zero-order chi connectivity index (χ0) is 54.6. The first-order valence-electron chi connectivity index (χ1n) is 27.4. The van der Waals surface area contributed by atoms with Gasteiger partial charge < -0.3 is 13.9 Å². The summed E-state index contributed by atoms with van der Waals surface area (Å²) < 4.78 is 41.6. The third-order valence-electron chi connectivity index (χ3n) is 15.2. The number of hydrogen-bond acceptors (Lipinski definition) is 3. The monoisotopic (exact) mass is 1230 g/mol. The summed E-state index contributed by atoms with van der Waals surface area (Å²) in [4.78, 5) is 10.8. The Morgan fingerprint density at radius 3 is 1.56 bits per heavy atom. The van der Waals surface area contributed by atoms with Crippen LogP contribution in [0.1, 0.15) is 101 Å². The summed E-state index contributed by atoms with van der Waals surface area (Å²) in [7, 11) is 0. The van der Waals surface area contributed by atoms with E-state index in [2.05, 4.69) is 192 Å². The Labute approximate surface area is 481 Å². The molecule has 0 radical (unpaired) electrons. The molecular formula is C72H60F2N4OPt. The quantitative estimate of drug-likeness (QED) is 0.108. The number of imidazole rings is 2. The predicted octanol–water partition coefficient (Wildman–Crippen LogP) is 20.0. The molecule has 0 fully saturated rings. The number of ether oxygens (including phenoxy) is 1. The first-order valence-corrected chi connectivity index (χ1v) is 27.4. The SMILES string of the molecule is CC(C)c1cc(-c2ccccc2)cc(C(C)C)c1-n1c(-c2[c-]c(Oc3[c-]c(-c4nc5ccc(-c6ccc(F)cc6F)cc5n4-c4c(C(C)C)cc(-c5ccccc5)cc4C(C)C)c4ccccc4c3)ccc2)nc2ccccc21.[Pt+2]. The normalized spacial score (nSPS) is 11.7. The Hall–Kier alpha value is -8.25. The molecule has 5 nitrogen and oxygen atoms in total. The summed E-state index contributed by atoms with van der Waals surface area (Å²) in [6.45, 7) is 17.9. The Morgan fingerprint density at radius 2 is 0.963 bits per heavy atom. The molecule has 2 aromatic heterocycles. The van der Waals surface area contributed by atoms with E-state index in [0.717, 1.165) is 84.0 Å². The van der Waals surface area contributed by atoms with Crippen molar-refractivity contribution < 1.29 is 34.6 Å². The fourth-order valence-electron chi connectivity index (χ4n) is 11.2. The number of halogens is 2. The molecule has 0 saturated carbocycles. The summed E-state index contributed by atoms with van der Waals surface area (Å²) in [5, 5.41) is 1.87. The molecule has 0 aliphatic rings. The predicted molar refractivity (Wildman–Crippen MR) is 321 cm³/mol. The van der Waals surface area contributed by atoms with Gasteiger partial charge >= 0.3 is 21.1 Å². The van der Waals surface area contributed by atoms with Crippen LogP contribution in [0, 0.1) is 23.8 Å². The molecule has 8 heteroatoms. The van der Waals surface area contributed by atoms with E-state index in [0.29, 0.717) is 34.0 Å². The largest absolute Gasteiger partial charge is 2.00 e. The van der Waals surface area contributed by atoms with E-state index in [9.17, 15) is 4.39 Å². The van der Waals surface area contributed by atoms with Crippen LogP contribution in [0.25, 0.3) is 100 Å². The standard InChI is InChI=1S/C72H60F2N4O.Pt/c1-43(2)59-36-52(47-20-11-9-12-21-47)37-60(44(3)4)69(59)77-67-29-18-17-28-65(67)75-71(77)51-25-19-26-55(35-51)79-56-34-49-24-15-16-27-57(49)63(42-56)72-76-66-33-30-50(58-32-31-54(73)41-64(58)74)40-68(66)78(72)70-61(45(5)6)38-53(39-62(70)46(7)8)48-22-13-10-14-23-48;/h9-34,36-41,43-46H,1-8H3;/q-2;+2. The maximum atomic E-state index is 15.7.